The molecule has 0 saturated carbocycles. The summed E-state index contributed by atoms with van der Waals surface area (Å²) in [7, 11) is 3.21. The van der Waals surface area contributed by atoms with Crippen molar-refractivity contribution in [3.8, 4) is 11.5 Å². The van der Waals surface area contributed by atoms with Gasteiger partial charge in [0.05, 0.1) is 14.2 Å². The average Bonchev–Trinajstić information content (AvgIpc) is 2.65. The van der Waals surface area contributed by atoms with E-state index in [0.29, 0.717) is 29.6 Å². The molecule has 2 aromatic rings. The number of nitrogens with one attached hydrogen (secondary N) is 2. The minimum Gasteiger partial charge on any atom is -0.493 e. The molecule has 5 nitrogen and oxygen atoms in total. The van der Waals surface area contributed by atoms with Crippen molar-refractivity contribution < 1.29 is 13.9 Å². The Balaban J connectivity index is 1.85. The molecule has 2 rings (SSSR count). The van der Waals surface area contributed by atoms with Gasteiger partial charge >= 0.3 is 0 Å². The third kappa shape index (κ3) is 6.00. The maximum absolute atomic E-state index is 12.9. The number of thiocarbonyl (C=S) groups is 1. The van der Waals surface area contributed by atoms with E-state index in [4.69, 9.17) is 21.7 Å². The Morgan fingerprint density at radius 2 is 1.69 bits per heavy atom. The lowest BCUT2D eigenvalue weighted by Gasteiger charge is -2.10. The first-order chi connectivity index (χ1) is 12.5. The van der Waals surface area contributed by atoms with Gasteiger partial charge in [-0.2, -0.15) is 5.10 Å². The molecule has 2 N–H and O–H groups in total. The summed E-state index contributed by atoms with van der Waals surface area (Å²) in [5.74, 6) is 1.11. The van der Waals surface area contributed by atoms with Gasteiger partial charge in [0.2, 0.25) is 0 Å². The maximum atomic E-state index is 12.9. The van der Waals surface area contributed by atoms with Crippen molar-refractivity contribution in [2.24, 2.45) is 5.10 Å². The van der Waals surface area contributed by atoms with Crippen LogP contribution < -0.4 is 20.2 Å². The summed E-state index contributed by atoms with van der Waals surface area (Å²) in [4.78, 5) is 0. The lowest BCUT2D eigenvalue weighted by Crippen LogP contribution is -2.32. The molecule has 7 heteroatoms. The summed E-state index contributed by atoms with van der Waals surface area (Å²) in [6, 6.07) is 12.0. The number of ether oxygens (including phenoxy) is 2. The monoisotopic (exact) mass is 375 g/mol. The minimum atomic E-state index is -0.259. The second-order valence-corrected chi connectivity index (χ2v) is 6.04. The smallest absolute Gasteiger partial charge is 0.187 e. The van der Waals surface area contributed by atoms with Gasteiger partial charge in [0, 0.05) is 18.7 Å². The molecule has 0 heterocycles. The first-order valence-electron chi connectivity index (χ1n) is 8.04. The van der Waals surface area contributed by atoms with Gasteiger partial charge < -0.3 is 14.8 Å². The van der Waals surface area contributed by atoms with Crippen LogP contribution >= 0.6 is 12.2 Å². The van der Waals surface area contributed by atoms with Crippen molar-refractivity contribution in [2.75, 3.05) is 14.2 Å². The van der Waals surface area contributed by atoms with Crippen molar-refractivity contribution in [3.05, 3.63) is 59.4 Å². The van der Waals surface area contributed by atoms with E-state index in [2.05, 4.69) is 15.8 Å². The summed E-state index contributed by atoms with van der Waals surface area (Å²) in [6.45, 7) is 2.41. The zero-order valence-corrected chi connectivity index (χ0v) is 15.8. The van der Waals surface area contributed by atoms with Gasteiger partial charge in [-0.1, -0.05) is 18.2 Å². The van der Waals surface area contributed by atoms with Crippen LogP contribution in [-0.2, 0) is 13.0 Å². The summed E-state index contributed by atoms with van der Waals surface area (Å²) in [6.07, 6.45) is 0.647. The van der Waals surface area contributed by atoms with Gasteiger partial charge in [0.15, 0.2) is 16.6 Å². The number of hydrazone groups is 1. The summed E-state index contributed by atoms with van der Waals surface area (Å²) in [5, 5.41) is 7.70. The van der Waals surface area contributed by atoms with Crippen LogP contribution in [0.15, 0.2) is 47.6 Å². The Labute approximate surface area is 158 Å². The normalized spacial score (nSPS) is 11.0. The predicted molar refractivity (Wildman–Crippen MR) is 105 cm³/mol. The van der Waals surface area contributed by atoms with Gasteiger partial charge in [-0.3, -0.25) is 5.43 Å². The molecule has 0 spiro atoms. The molecule has 0 aromatic heterocycles. The van der Waals surface area contributed by atoms with Crippen LogP contribution in [0.25, 0.3) is 0 Å². The Morgan fingerprint density at radius 3 is 2.35 bits per heavy atom. The van der Waals surface area contributed by atoms with Gasteiger partial charge in [-0.25, -0.2) is 4.39 Å². The van der Waals surface area contributed by atoms with E-state index in [0.717, 1.165) is 16.8 Å². The molecular weight excluding hydrogens is 353 g/mol. The van der Waals surface area contributed by atoms with Crippen LogP contribution in [0.5, 0.6) is 11.5 Å². The Kier molecular flexibility index (Phi) is 7.35. The SMILES string of the molecule is COc1ccc(C/C(C)=N\NC(=S)NCc2ccc(F)cc2)cc1OC. The van der Waals surface area contributed by atoms with E-state index in [1.807, 2.05) is 25.1 Å². The predicted octanol–water partition coefficient (Wildman–Crippen LogP) is 3.43. The lowest BCUT2D eigenvalue weighted by molar-refractivity contribution is 0.354. The third-order valence-electron chi connectivity index (χ3n) is 3.62. The fourth-order valence-electron chi connectivity index (χ4n) is 2.30. The highest BCUT2D eigenvalue weighted by atomic mass is 32.1. The first-order valence-corrected chi connectivity index (χ1v) is 8.45. The van der Waals surface area contributed by atoms with E-state index in [1.165, 1.54) is 12.1 Å². The van der Waals surface area contributed by atoms with Crippen LogP contribution in [0.3, 0.4) is 0 Å². The maximum Gasteiger partial charge on any atom is 0.187 e. The van der Waals surface area contributed by atoms with Crippen molar-refractivity contribution in [1.29, 1.82) is 0 Å². The highest BCUT2D eigenvalue weighted by Crippen LogP contribution is 2.27. The van der Waals surface area contributed by atoms with Crippen molar-refractivity contribution in [2.45, 2.75) is 19.9 Å². The molecule has 0 atom stereocenters. The molecule has 26 heavy (non-hydrogen) atoms. The highest BCUT2D eigenvalue weighted by molar-refractivity contribution is 7.80. The minimum absolute atomic E-state index is 0.259. The van der Waals surface area contributed by atoms with Crippen LogP contribution in [0.4, 0.5) is 4.39 Å². The molecule has 0 aliphatic heterocycles. The molecule has 0 unspecified atom stereocenters. The molecule has 0 aliphatic carbocycles. The average molecular weight is 375 g/mol. The van der Waals surface area contributed by atoms with Crippen molar-refractivity contribution in [3.63, 3.8) is 0 Å². The van der Waals surface area contributed by atoms with Gasteiger partial charge in [-0.05, 0) is 54.5 Å². The number of hydrogen-bond acceptors (Lipinski definition) is 4. The number of benzene rings is 2. The largest absolute Gasteiger partial charge is 0.493 e. The molecule has 0 saturated heterocycles. The summed E-state index contributed by atoms with van der Waals surface area (Å²) >= 11 is 5.19. The Bertz CT molecular complexity index is 779. The quantitative estimate of drug-likeness (QED) is 0.441. The Morgan fingerprint density at radius 1 is 1.04 bits per heavy atom. The molecular formula is C19H22FN3O2S. The second-order valence-electron chi connectivity index (χ2n) is 5.63. The van der Waals surface area contributed by atoms with E-state index < -0.39 is 0 Å². The highest BCUT2D eigenvalue weighted by Gasteiger charge is 2.05. The summed E-state index contributed by atoms with van der Waals surface area (Å²) in [5.41, 5.74) is 5.66. The number of halogens is 1. The van der Waals surface area contributed by atoms with Crippen LogP contribution in [0.2, 0.25) is 0 Å². The molecule has 0 amide bonds. The zero-order valence-electron chi connectivity index (χ0n) is 15.0. The lowest BCUT2D eigenvalue weighted by atomic mass is 10.1. The van der Waals surface area contributed by atoms with Gasteiger partial charge in [-0.15, -0.1) is 0 Å². The van der Waals surface area contributed by atoms with E-state index in [-0.39, 0.29) is 5.82 Å². The number of rotatable bonds is 7. The molecule has 0 bridgehead atoms. The first kappa shape index (κ1) is 19.7. The molecule has 0 aliphatic rings. The van der Waals surface area contributed by atoms with Crippen LogP contribution in [0.1, 0.15) is 18.1 Å². The molecule has 138 valence electrons. The van der Waals surface area contributed by atoms with Crippen LogP contribution in [0, 0.1) is 5.82 Å². The van der Waals surface area contributed by atoms with E-state index in [9.17, 15) is 4.39 Å². The fraction of sp³-hybridized carbons (Fsp3) is 0.263. The van der Waals surface area contributed by atoms with E-state index >= 15 is 0 Å². The zero-order chi connectivity index (χ0) is 18.9. The van der Waals surface area contributed by atoms with Crippen LogP contribution in [-0.4, -0.2) is 25.0 Å². The topological polar surface area (TPSA) is 54.9 Å². The van der Waals surface area contributed by atoms with Gasteiger partial charge in [0.25, 0.3) is 0 Å². The molecule has 2 aromatic carbocycles. The van der Waals surface area contributed by atoms with E-state index in [1.54, 1.807) is 26.4 Å². The van der Waals surface area contributed by atoms with Crippen molar-refractivity contribution in [1.82, 2.24) is 10.7 Å². The fourth-order valence-corrected chi connectivity index (χ4v) is 2.41. The molecule has 0 fully saturated rings. The number of methoxy groups -OCH3 is 2. The standard InChI is InChI=1S/C19H22FN3O2S/c1-13(10-15-6-9-17(24-2)18(11-15)25-3)22-23-19(26)21-12-14-4-7-16(20)8-5-14/h4-9,11H,10,12H2,1-3H3,(H2,21,23,26)/b22-13-. The Hall–Kier alpha value is -2.67. The molecule has 0 radical (unpaired) electrons. The van der Waals surface area contributed by atoms with Crippen molar-refractivity contribution >= 4 is 23.0 Å². The van der Waals surface area contributed by atoms with Gasteiger partial charge in [0.1, 0.15) is 5.82 Å². The second kappa shape index (κ2) is 9.72. The third-order valence-corrected chi connectivity index (χ3v) is 3.86. The number of nitrogens with zero attached hydrogens (tertiary/aromatic N) is 1. The summed E-state index contributed by atoms with van der Waals surface area (Å²) < 4.78 is 23.4. The number of hydrogen-bond donors (Lipinski definition) is 2.